The van der Waals surface area contributed by atoms with Crippen LogP contribution in [0, 0.1) is 5.82 Å². The number of halogens is 1. The molecule has 2 N–H and O–H groups in total. The van der Waals surface area contributed by atoms with Crippen molar-refractivity contribution in [1.29, 1.82) is 0 Å². The summed E-state index contributed by atoms with van der Waals surface area (Å²) < 4.78 is 14.2. The van der Waals surface area contributed by atoms with Crippen molar-refractivity contribution in [3.8, 4) is 0 Å². The molecular formula is C18H25FN4O2. The highest BCUT2D eigenvalue weighted by molar-refractivity contribution is 5.96. The molecule has 1 aromatic carbocycles. The molecule has 1 unspecified atom stereocenters. The van der Waals surface area contributed by atoms with Gasteiger partial charge in [-0.15, -0.1) is 0 Å². The number of carbonyl (C=O) groups excluding carboxylic acids is 2. The van der Waals surface area contributed by atoms with Gasteiger partial charge in [0, 0.05) is 13.1 Å². The molecule has 0 saturated carbocycles. The van der Waals surface area contributed by atoms with E-state index in [2.05, 4.69) is 0 Å². The highest BCUT2D eigenvalue weighted by Crippen LogP contribution is 2.33. The number of amides is 2. The van der Waals surface area contributed by atoms with Crippen molar-refractivity contribution in [1.82, 2.24) is 14.7 Å². The van der Waals surface area contributed by atoms with E-state index in [4.69, 9.17) is 5.73 Å². The second-order valence-corrected chi connectivity index (χ2v) is 7.09. The van der Waals surface area contributed by atoms with Gasteiger partial charge in [-0.2, -0.15) is 0 Å². The van der Waals surface area contributed by atoms with Crippen molar-refractivity contribution in [2.75, 3.05) is 32.9 Å². The fourth-order valence-electron chi connectivity index (χ4n) is 4.01. The van der Waals surface area contributed by atoms with E-state index >= 15 is 0 Å². The lowest BCUT2D eigenvalue weighted by molar-refractivity contribution is -0.138. The van der Waals surface area contributed by atoms with Gasteiger partial charge in [0.25, 0.3) is 5.91 Å². The molecule has 0 aliphatic carbocycles. The molecule has 0 aromatic heterocycles. The smallest absolute Gasteiger partial charge is 0.257 e. The number of nitrogens with zero attached hydrogens (tertiary/aromatic N) is 3. The minimum absolute atomic E-state index is 0.00477. The highest BCUT2D eigenvalue weighted by atomic mass is 19.1. The molecule has 3 atom stereocenters. The first-order valence-corrected chi connectivity index (χ1v) is 8.67. The van der Waals surface area contributed by atoms with Crippen molar-refractivity contribution in [3.63, 3.8) is 0 Å². The summed E-state index contributed by atoms with van der Waals surface area (Å²) >= 11 is 0. The molecular weight excluding hydrogens is 323 g/mol. The van der Waals surface area contributed by atoms with E-state index in [0.29, 0.717) is 13.1 Å². The molecule has 2 bridgehead atoms. The minimum Gasteiger partial charge on any atom is -0.396 e. The Morgan fingerprint density at radius 1 is 1.28 bits per heavy atom. The number of carbonyl (C=O) groups is 2. The standard InChI is InChI=1S/C18H25FN4O2/c1-4-15(21(2)3)18(25)23-10-11-8-12(23)9-22(11)17(24)13-6-5-7-14(20)16(13)19/h5-7,11-12,15H,4,8-10,20H2,1-3H3/t11-,12-,15?/m0/s1. The van der Waals surface area contributed by atoms with Gasteiger partial charge < -0.3 is 15.5 Å². The number of benzene rings is 1. The second-order valence-electron chi connectivity index (χ2n) is 7.09. The molecule has 2 heterocycles. The summed E-state index contributed by atoms with van der Waals surface area (Å²) in [6.45, 7) is 2.96. The van der Waals surface area contributed by atoms with Crippen molar-refractivity contribution >= 4 is 17.5 Å². The quantitative estimate of drug-likeness (QED) is 0.830. The number of nitrogen functional groups attached to an aromatic ring is 1. The Balaban J connectivity index is 1.72. The summed E-state index contributed by atoms with van der Waals surface area (Å²) in [7, 11) is 3.80. The summed E-state index contributed by atoms with van der Waals surface area (Å²) in [5.74, 6) is -0.895. The monoisotopic (exact) mass is 348 g/mol. The Morgan fingerprint density at radius 2 is 1.92 bits per heavy atom. The number of piperazine rings is 1. The molecule has 0 spiro atoms. The number of fused-ring (bicyclic) bond motifs is 2. The van der Waals surface area contributed by atoms with Gasteiger partial charge in [0.05, 0.1) is 29.4 Å². The van der Waals surface area contributed by atoms with Gasteiger partial charge in [0.2, 0.25) is 5.91 Å². The molecule has 7 heteroatoms. The van der Waals surface area contributed by atoms with E-state index in [0.717, 1.165) is 12.8 Å². The van der Waals surface area contributed by atoms with Crippen molar-refractivity contribution in [2.24, 2.45) is 0 Å². The maximum atomic E-state index is 14.2. The van der Waals surface area contributed by atoms with Gasteiger partial charge in [0.1, 0.15) is 0 Å². The number of hydrogen-bond acceptors (Lipinski definition) is 4. The Hall–Kier alpha value is -2.15. The van der Waals surface area contributed by atoms with Crippen LogP contribution < -0.4 is 5.73 Å². The molecule has 2 aliphatic rings. The third-order valence-corrected chi connectivity index (χ3v) is 5.34. The fourth-order valence-corrected chi connectivity index (χ4v) is 4.01. The topological polar surface area (TPSA) is 69.9 Å². The van der Waals surface area contributed by atoms with Gasteiger partial charge in [-0.05, 0) is 39.1 Å². The summed E-state index contributed by atoms with van der Waals surface area (Å²) in [5, 5.41) is 0. The number of nitrogens with two attached hydrogens (primary N) is 1. The lowest BCUT2D eigenvalue weighted by Crippen LogP contribution is -2.55. The van der Waals surface area contributed by atoms with E-state index in [9.17, 15) is 14.0 Å². The fraction of sp³-hybridized carbons (Fsp3) is 0.556. The van der Waals surface area contributed by atoms with E-state index < -0.39 is 5.82 Å². The maximum absolute atomic E-state index is 14.2. The molecule has 2 aliphatic heterocycles. The van der Waals surface area contributed by atoms with Crippen LogP contribution in [0.25, 0.3) is 0 Å². The molecule has 2 fully saturated rings. The first-order valence-electron chi connectivity index (χ1n) is 8.67. The minimum atomic E-state index is -0.665. The Bertz CT molecular complexity index is 694. The van der Waals surface area contributed by atoms with E-state index in [1.165, 1.54) is 12.1 Å². The number of hydrogen-bond donors (Lipinski definition) is 1. The SMILES string of the molecule is CCC(C(=O)N1C[C@@H]2C[C@H]1CN2C(=O)c1cccc(N)c1F)N(C)C. The molecule has 3 rings (SSSR count). The van der Waals surface area contributed by atoms with Gasteiger partial charge in [-0.3, -0.25) is 14.5 Å². The van der Waals surface area contributed by atoms with Gasteiger partial charge >= 0.3 is 0 Å². The van der Waals surface area contributed by atoms with E-state index in [1.54, 1.807) is 11.0 Å². The number of likely N-dealkylation sites (N-methyl/N-ethyl adjacent to an activating group) is 1. The van der Waals surface area contributed by atoms with Crippen LogP contribution in [0.4, 0.5) is 10.1 Å². The van der Waals surface area contributed by atoms with Crippen LogP contribution in [0.3, 0.4) is 0 Å². The summed E-state index contributed by atoms with van der Waals surface area (Å²) in [6, 6.07) is 4.30. The second kappa shape index (κ2) is 6.63. The average molecular weight is 348 g/mol. The zero-order valence-electron chi connectivity index (χ0n) is 14.9. The van der Waals surface area contributed by atoms with Crippen LogP contribution in [0.2, 0.25) is 0 Å². The summed E-state index contributed by atoms with van der Waals surface area (Å²) in [5.41, 5.74) is 5.55. The van der Waals surface area contributed by atoms with Crippen molar-refractivity contribution in [2.45, 2.75) is 37.9 Å². The van der Waals surface area contributed by atoms with Crippen LogP contribution in [0.1, 0.15) is 30.1 Å². The molecule has 0 radical (unpaired) electrons. The van der Waals surface area contributed by atoms with Crippen LogP contribution >= 0.6 is 0 Å². The normalized spacial score (nSPS) is 23.4. The van der Waals surface area contributed by atoms with Crippen LogP contribution in [0.5, 0.6) is 0 Å². The number of rotatable bonds is 4. The maximum Gasteiger partial charge on any atom is 0.257 e. The first kappa shape index (κ1) is 17.7. The van der Waals surface area contributed by atoms with Gasteiger partial charge in [-0.1, -0.05) is 13.0 Å². The zero-order valence-corrected chi connectivity index (χ0v) is 14.9. The van der Waals surface area contributed by atoms with Crippen LogP contribution in [-0.2, 0) is 4.79 Å². The Labute approximate surface area is 147 Å². The molecule has 136 valence electrons. The molecule has 1 aromatic rings. The van der Waals surface area contributed by atoms with E-state index in [-0.39, 0.29) is 41.2 Å². The average Bonchev–Trinajstić information content (AvgIpc) is 3.17. The van der Waals surface area contributed by atoms with Crippen LogP contribution in [-0.4, -0.2) is 71.8 Å². The Kier molecular flexibility index (Phi) is 4.69. The zero-order chi connectivity index (χ0) is 18.3. The van der Waals surface area contributed by atoms with Crippen molar-refractivity contribution in [3.05, 3.63) is 29.6 Å². The summed E-state index contributed by atoms with van der Waals surface area (Å²) in [6.07, 6.45) is 1.50. The predicted molar refractivity (Wildman–Crippen MR) is 93.5 cm³/mol. The largest absolute Gasteiger partial charge is 0.396 e. The lowest BCUT2D eigenvalue weighted by atomic mass is 10.1. The molecule has 2 amide bonds. The molecule has 25 heavy (non-hydrogen) atoms. The lowest BCUT2D eigenvalue weighted by Gasteiger charge is -2.37. The third kappa shape index (κ3) is 2.97. The third-order valence-electron chi connectivity index (χ3n) is 5.34. The van der Waals surface area contributed by atoms with Gasteiger partial charge in [0.15, 0.2) is 5.82 Å². The molecule has 2 saturated heterocycles. The van der Waals surface area contributed by atoms with Crippen molar-refractivity contribution < 1.29 is 14.0 Å². The molecule has 6 nitrogen and oxygen atoms in total. The summed E-state index contributed by atoms with van der Waals surface area (Å²) in [4.78, 5) is 31.0. The highest BCUT2D eigenvalue weighted by Gasteiger charge is 2.48. The van der Waals surface area contributed by atoms with E-state index in [1.807, 2.05) is 30.8 Å². The predicted octanol–water partition coefficient (Wildman–Crippen LogP) is 1.17. The van der Waals surface area contributed by atoms with Crippen LogP contribution in [0.15, 0.2) is 18.2 Å². The first-order chi connectivity index (χ1) is 11.8. The number of anilines is 1. The van der Waals surface area contributed by atoms with Gasteiger partial charge in [-0.25, -0.2) is 4.39 Å². The Morgan fingerprint density at radius 3 is 2.48 bits per heavy atom. The number of likely N-dealkylation sites (tertiary alicyclic amines) is 2.